The molecular weight excluding hydrogens is 279 g/mol. The minimum atomic E-state index is -3.81. The summed E-state index contributed by atoms with van der Waals surface area (Å²) in [7, 11) is -3.81. The van der Waals surface area contributed by atoms with Crippen LogP contribution in [0.25, 0.3) is 0 Å². The Morgan fingerprint density at radius 1 is 1.50 bits per heavy atom. The second-order valence-corrected chi connectivity index (χ2v) is 6.58. The highest BCUT2D eigenvalue weighted by atomic mass is 35.5. The summed E-state index contributed by atoms with van der Waals surface area (Å²) >= 11 is 5.62. The lowest BCUT2D eigenvalue weighted by atomic mass is 10.3. The predicted octanol–water partition coefficient (Wildman–Crippen LogP) is 1.46. The Kier molecular flexibility index (Phi) is 3.91. The van der Waals surface area contributed by atoms with Gasteiger partial charge in [0.1, 0.15) is 4.90 Å². The number of hydrogen-bond acceptors (Lipinski definition) is 3. The first kappa shape index (κ1) is 13.7. The molecule has 1 aromatic rings. The molecule has 1 aromatic carbocycles. The van der Waals surface area contributed by atoms with Gasteiger partial charge in [-0.15, -0.1) is 0 Å². The van der Waals surface area contributed by atoms with Crippen molar-refractivity contribution < 1.29 is 12.8 Å². The molecule has 1 N–H and O–H groups in total. The third-order valence-electron chi connectivity index (χ3n) is 2.87. The van der Waals surface area contributed by atoms with Crippen LogP contribution in [0.3, 0.4) is 0 Å². The van der Waals surface area contributed by atoms with Crippen LogP contribution in [0.2, 0.25) is 5.02 Å². The van der Waals surface area contributed by atoms with Gasteiger partial charge in [-0.2, -0.15) is 4.31 Å². The molecule has 4 nitrogen and oxygen atoms in total. The van der Waals surface area contributed by atoms with Crippen molar-refractivity contribution in [3.63, 3.8) is 0 Å². The van der Waals surface area contributed by atoms with Gasteiger partial charge in [0.25, 0.3) is 0 Å². The van der Waals surface area contributed by atoms with Crippen molar-refractivity contribution in [2.75, 3.05) is 19.6 Å². The number of rotatable bonds is 2. The molecule has 1 aliphatic rings. The van der Waals surface area contributed by atoms with E-state index in [0.717, 1.165) is 0 Å². The van der Waals surface area contributed by atoms with Crippen molar-refractivity contribution in [2.45, 2.75) is 17.9 Å². The van der Waals surface area contributed by atoms with Crippen molar-refractivity contribution in [3.05, 3.63) is 29.0 Å². The van der Waals surface area contributed by atoms with Crippen LogP contribution in [0.4, 0.5) is 4.39 Å². The quantitative estimate of drug-likeness (QED) is 0.898. The monoisotopic (exact) mass is 292 g/mol. The number of piperazine rings is 1. The average Bonchev–Trinajstić information content (AvgIpc) is 2.32. The van der Waals surface area contributed by atoms with Crippen molar-refractivity contribution >= 4 is 21.6 Å². The molecule has 0 saturated carbocycles. The molecule has 100 valence electrons. The standard InChI is InChI=1S/C11H14ClFN2O2S/c1-8-7-15(6-5-14-8)18(16,17)10-4-2-3-9(12)11(10)13/h2-4,8,14H,5-7H2,1H3. The molecule has 18 heavy (non-hydrogen) atoms. The Hall–Kier alpha value is -0.690. The lowest BCUT2D eigenvalue weighted by Gasteiger charge is -2.31. The van der Waals surface area contributed by atoms with Gasteiger partial charge in [-0.05, 0) is 19.1 Å². The molecule has 0 amide bonds. The maximum atomic E-state index is 13.8. The summed E-state index contributed by atoms with van der Waals surface area (Å²) in [5.41, 5.74) is 0. The molecule has 0 spiro atoms. The summed E-state index contributed by atoms with van der Waals surface area (Å²) in [5, 5.41) is 2.95. The van der Waals surface area contributed by atoms with Crippen molar-refractivity contribution in [3.8, 4) is 0 Å². The molecule has 1 unspecified atom stereocenters. The first-order valence-electron chi connectivity index (χ1n) is 5.60. The summed E-state index contributed by atoms with van der Waals surface area (Å²) in [6.45, 7) is 3.10. The van der Waals surface area contributed by atoms with E-state index in [4.69, 9.17) is 11.6 Å². The third-order valence-corrected chi connectivity index (χ3v) is 5.04. The summed E-state index contributed by atoms with van der Waals surface area (Å²) in [6, 6.07) is 4.06. The third kappa shape index (κ3) is 2.51. The van der Waals surface area contributed by atoms with Crippen LogP contribution in [0.15, 0.2) is 23.1 Å². The van der Waals surface area contributed by atoms with E-state index in [1.807, 2.05) is 6.92 Å². The average molecular weight is 293 g/mol. The predicted molar refractivity (Wildman–Crippen MR) is 67.6 cm³/mol. The first-order chi connectivity index (χ1) is 8.43. The van der Waals surface area contributed by atoms with Crippen LogP contribution in [-0.4, -0.2) is 38.4 Å². The van der Waals surface area contributed by atoms with Gasteiger partial charge in [0.05, 0.1) is 5.02 Å². The molecule has 0 aromatic heterocycles. The molecular formula is C11H14ClFN2O2S. The minimum Gasteiger partial charge on any atom is -0.312 e. The number of sulfonamides is 1. The Morgan fingerprint density at radius 2 is 2.22 bits per heavy atom. The number of halogens is 2. The van der Waals surface area contributed by atoms with E-state index in [1.54, 1.807) is 0 Å². The van der Waals surface area contributed by atoms with E-state index in [9.17, 15) is 12.8 Å². The topological polar surface area (TPSA) is 49.4 Å². The fraction of sp³-hybridized carbons (Fsp3) is 0.455. The molecule has 2 rings (SSSR count). The number of nitrogens with zero attached hydrogens (tertiary/aromatic N) is 1. The highest BCUT2D eigenvalue weighted by Gasteiger charge is 2.31. The normalized spacial score (nSPS) is 22.1. The largest absolute Gasteiger partial charge is 0.312 e. The van der Waals surface area contributed by atoms with Crippen LogP contribution >= 0.6 is 11.6 Å². The molecule has 1 heterocycles. The molecule has 1 atom stereocenters. The smallest absolute Gasteiger partial charge is 0.246 e. The summed E-state index contributed by atoms with van der Waals surface area (Å²) in [5.74, 6) is -0.884. The van der Waals surface area contributed by atoms with Gasteiger partial charge in [0, 0.05) is 25.7 Å². The first-order valence-corrected chi connectivity index (χ1v) is 7.42. The van der Waals surface area contributed by atoms with Gasteiger partial charge in [0.15, 0.2) is 5.82 Å². The highest BCUT2D eigenvalue weighted by molar-refractivity contribution is 7.89. The second-order valence-electron chi connectivity index (χ2n) is 4.27. The Labute approximate surface area is 111 Å². The highest BCUT2D eigenvalue weighted by Crippen LogP contribution is 2.25. The van der Waals surface area contributed by atoms with E-state index in [2.05, 4.69) is 5.32 Å². The number of hydrogen-bond donors (Lipinski definition) is 1. The van der Waals surface area contributed by atoms with Crippen molar-refractivity contribution in [1.29, 1.82) is 0 Å². The van der Waals surface area contributed by atoms with Crippen LogP contribution in [0.5, 0.6) is 0 Å². The lowest BCUT2D eigenvalue weighted by Crippen LogP contribution is -2.51. The fourth-order valence-corrected chi connectivity index (χ4v) is 3.78. The maximum absolute atomic E-state index is 13.8. The van der Waals surface area contributed by atoms with Crippen LogP contribution in [0, 0.1) is 5.82 Å². The van der Waals surface area contributed by atoms with Gasteiger partial charge in [-0.3, -0.25) is 0 Å². The SMILES string of the molecule is CC1CN(S(=O)(=O)c2cccc(Cl)c2F)CCN1. The summed E-state index contributed by atoms with van der Waals surface area (Å²) in [4.78, 5) is -0.357. The zero-order valence-electron chi connectivity index (χ0n) is 9.86. The van der Waals surface area contributed by atoms with Crippen LogP contribution in [0.1, 0.15) is 6.92 Å². The van der Waals surface area contributed by atoms with Crippen molar-refractivity contribution in [1.82, 2.24) is 9.62 Å². The molecule has 7 heteroatoms. The maximum Gasteiger partial charge on any atom is 0.246 e. The van der Waals surface area contributed by atoms with E-state index in [1.165, 1.54) is 22.5 Å². The molecule has 1 aliphatic heterocycles. The minimum absolute atomic E-state index is 0.0516. The Bertz CT molecular complexity index is 550. The van der Waals surface area contributed by atoms with Gasteiger partial charge >= 0.3 is 0 Å². The van der Waals surface area contributed by atoms with E-state index in [-0.39, 0.29) is 16.0 Å². The van der Waals surface area contributed by atoms with Crippen LogP contribution < -0.4 is 5.32 Å². The molecule has 0 aliphatic carbocycles. The summed E-state index contributed by atoms with van der Waals surface area (Å²) < 4.78 is 39.7. The van der Waals surface area contributed by atoms with Crippen molar-refractivity contribution in [2.24, 2.45) is 0 Å². The van der Waals surface area contributed by atoms with E-state index < -0.39 is 15.8 Å². The summed E-state index contributed by atoms with van der Waals surface area (Å²) in [6.07, 6.45) is 0. The zero-order chi connectivity index (χ0) is 13.3. The van der Waals surface area contributed by atoms with Gasteiger partial charge in [-0.1, -0.05) is 17.7 Å². The lowest BCUT2D eigenvalue weighted by molar-refractivity contribution is 0.309. The number of nitrogens with one attached hydrogen (secondary N) is 1. The Morgan fingerprint density at radius 3 is 2.89 bits per heavy atom. The zero-order valence-corrected chi connectivity index (χ0v) is 11.4. The van der Waals surface area contributed by atoms with Gasteiger partial charge in [-0.25, -0.2) is 12.8 Å². The van der Waals surface area contributed by atoms with Gasteiger partial charge < -0.3 is 5.32 Å². The molecule has 0 bridgehead atoms. The van der Waals surface area contributed by atoms with E-state index in [0.29, 0.717) is 19.6 Å². The second kappa shape index (κ2) is 5.13. The molecule has 1 saturated heterocycles. The van der Waals surface area contributed by atoms with Crippen LogP contribution in [-0.2, 0) is 10.0 Å². The molecule has 1 fully saturated rings. The Balaban J connectivity index is 2.39. The number of benzene rings is 1. The fourth-order valence-electron chi connectivity index (χ4n) is 1.94. The van der Waals surface area contributed by atoms with E-state index >= 15 is 0 Å². The molecule has 0 radical (unpaired) electrons. The van der Waals surface area contributed by atoms with Gasteiger partial charge in [0.2, 0.25) is 10.0 Å².